The molecule has 0 unspecified atom stereocenters. The number of hydrogen-bond donors (Lipinski definition) is 1. The van der Waals surface area contributed by atoms with Crippen molar-refractivity contribution in [3.05, 3.63) is 29.6 Å². The average molecular weight is 208 g/mol. The number of carbonyl (C=O) groups excluding carboxylic acids is 1. The zero-order valence-corrected chi connectivity index (χ0v) is 10.0. The Bertz CT molecular complexity index is 297. The molecule has 0 spiro atoms. The predicted octanol–water partition coefficient (Wildman–Crippen LogP) is 2.42. The van der Waals surface area contributed by atoms with Crippen molar-refractivity contribution < 1.29 is 4.79 Å². The Kier molecular flexibility index (Phi) is 7.46. The Labute approximate surface area is 91.9 Å². The van der Waals surface area contributed by atoms with Gasteiger partial charge in [0.1, 0.15) is 5.69 Å². The van der Waals surface area contributed by atoms with Crippen LogP contribution >= 0.6 is 0 Å². The highest BCUT2D eigenvalue weighted by molar-refractivity contribution is 5.93. The van der Waals surface area contributed by atoms with Gasteiger partial charge in [0, 0.05) is 13.0 Å². The molecule has 15 heavy (non-hydrogen) atoms. The van der Waals surface area contributed by atoms with E-state index in [1.54, 1.807) is 6.07 Å². The van der Waals surface area contributed by atoms with E-state index in [-0.39, 0.29) is 5.78 Å². The third-order valence-electron chi connectivity index (χ3n) is 1.77. The number of nitrogens with zero attached hydrogens (tertiary/aromatic N) is 1. The molecule has 0 aliphatic rings. The molecular formula is C12H20N2O. The fraction of sp³-hybridized carbons (Fsp3) is 0.500. The number of aromatic nitrogens is 1. The van der Waals surface area contributed by atoms with Crippen LogP contribution < -0.4 is 5.32 Å². The first-order valence-electron chi connectivity index (χ1n) is 5.41. The molecule has 3 heteroatoms. The fourth-order valence-electron chi connectivity index (χ4n) is 1.10. The van der Waals surface area contributed by atoms with Gasteiger partial charge >= 0.3 is 0 Å². The molecule has 0 bridgehead atoms. The minimum Gasteiger partial charge on any atom is -0.314 e. The summed E-state index contributed by atoms with van der Waals surface area (Å²) in [7, 11) is 1.86. The fourth-order valence-corrected chi connectivity index (χ4v) is 1.10. The average Bonchev–Trinajstić information content (AvgIpc) is 2.31. The van der Waals surface area contributed by atoms with E-state index in [2.05, 4.69) is 10.3 Å². The second kappa shape index (κ2) is 8.12. The summed E-state index contributed by atoms with van der Waals surface area (Å²) in [5.41, 5.74) is 1.47. The van der Waals surface area contributed by atoms with E-state index in [0.717, 1.165) is 5.69 Å². The van der Waals surface area contributed by atoms with Gasteiger partial charge in [-0.15, -0.1) is 0 Å². The second-order valence-corrected chi connectivity index (χ2v) is 2.82. The molecule has 1 aromatic heterocycles. The normalized spacial score (nSPS) is 9.07. The summed E-state index contributed by atoms with van der Waals surface area (Å²) < 4.78 is 0. The van der Waals surface area contributed by atoms with Gasteiger partial charge in [-0.05, 0) is 19.2 Å². The number of carbonyl (C=O) groups is 1. The zero-order valence-electron chi connectivity index (χ0n) is 10.0. The number of rotatable bonds is 4. The minimum atomic E-state index is 0.0953. The molecule has 3 nitrogen and oxygen atoms in total. The smallest absolute Gasteiger partial charge is 0.180 e. The molecule has 0 saturated carbocycles. The standard InChI is InChI=1S/C10H14N2O.C2H6/c1-3-10(13)9-6-4-5-8(12-9)7-11-2;1-2/h4-6,11H,3,7H2,1-2H3;1-2H3. The molecule has 0 aliphatic heterocycles. The van der Waals surface area contributed by atoms with E-state index in [1.165, 1.54) is 0 Å². The van der Waals surface area contributed by atoms with Crippen LogP contribution in [0.15, 0.2) is 18.2 Å². The summed E-state index contributed by atoms with van der Waals surface area (Å²) in [6.07, 6.45) is 0.510. The third-order valence-corrected chi connectivity index (χ3v) is 1.77. The van der Waals surface area contributed by atoms with Crippen LogP contribution in [0.4, 0.5) is 0 Å². The Hall–Kier alpha value is -1.22. The monoisotopic (exact) mass is 208 g/mol. The van der Waals surface area contributed by atoms with Crippen LogP contribution in [0.25, 0.3) is 0 Å². The van der Waals surface area contributed by atoms with E-state index in [4.69, 9.17) is 0 Å². The van der Waals surface area contributed by atoms with Gasteiger partial charge in [0.05, 0.1) is 5.69 Å². The molecule has 0 radical (unpaired) electrons. The van der Waals surface area contributed by atoms with Crippen LogP contribution in [0.3, 0.4) is 0 Å². The molecule has 84 valence electrons. The Morgan fingerprint density at radius 1 is 1.40 bits per heavy atom. The van der Waals surface area contributed by atoms with Gasteiger partial charge in [-0.3, -0.25) is 4.79 Å². The number of hydrogen-bond acceptors (Lipinski definition) is 3. The predicted molar refractivity (Wildman–Crippen MR) is 63.0 cm³/mol. The second-order valence-electron chi connectivity index (χ2n) is 2.82. The van der Waals surface area contributed by atoms with Crippen LogP contribution in [-0.4, -0.2) is 17.8 Å². The van der Waals surface area contributed by atoms with E-state index in [0.29, 0.717) is 18.7 Å². The molecule has 1 rings (SSSR count). The van der Waals surface area contributed by atoms with E-state index in [1.807, 2.05) is 40.0 Å². The van der Waals surface area contributed by atoms with Gasteiger partial charge in [-0.25, -0.2) is 4.98 Å². The number of Topliss-reactive ketones (excluding diaryl/α,β-unsaturated/α-hetero) is 1. The van der Waals surface area contributed by atoms with Crippen molar-refractivity contribution in [2.75, 3.05) is 7.05 Å². The lowest BCUT2D eigenvalue weighted by atomic mass is 10.2. The summed E-state index contributed by atoms with van der Waals surface area (Å²) in [5, 5.41) is 2.99. The topological polar surface area (TPSA) is 42.0 Å². The summed E-state index contributed by atoms with van der Waals surface area (Å²) in [6.45, 7) is 6.54. The van der Waals surface area contributed by atoms with Crippen LogP contribution in [0, 0.1) is 0 Å². The number of ketones is 1. The lowest BCUT2D eigenvalue weighted by Crippen LogP contribution is -2.09. The van der Waals surface area contributed by atoms with Crippen molar-refractivity contribution in [3.8, 4) is 0 Å². The Balaban J connectivity index is 0.000000921. The maximum atomic E-state index is 11.3. The first-order chi connectivity index (χ1) is 7.27. The summed E-state index contributed by atoms with van der Waals surface area (Å²) >= 11 is 0. The highest BCUT2D eigenvalue weighted by Gasteiger charge is 2.04. The maximum Gasteiger partial charge on any atom is 0.180 e. The lowest BCUT2D eigenvalue weighted by molar-refractivity contribution is 0.0983. The highest BCUT2D eigenvalue weighted by atomic mass is 16.1. The van der Waals surface area contributed by atoms with Crippen molar-refractivity contribution in [1.29, 1.82) is 0 Å². The van der Waals surface area contributed by atoms with Crippen LogP contribution in [0.2, 0.25) is 0 Å². The van der Waals surface area contributed by atoms with Crippen molar-refractivity contribution in [1.82, 2.24) is 10.3 Å². The molecule has 0 amide bonds. The summed E-state index contributed by atoms with van der Waals surface area (Å²) in [4.78, 5) is 15.5. The van der Waals surface area contributed by atoms with E-state index < -0.39 is 0 Å². The van der Waals surface area contributed by atoms with Gasteiger partial charge in [0.25, 0.3) is 0 Å². The number of nitrogens with one attached hydrogen (secondary N) is 1. The van der Waals surface area contributed by atoms with Crippen LogP contribution in [0.1, 0.15) is 43.4 Å². The summed E-state index contributed by atoms with van der Waals surface area (Å²) in [6, 6.07) is 5.52. The van der Waals surface area contributed by atoms with Crippen molar-refractivity contribution in [2.24, 2.45) is 0 Å². The molecule has 0 fully saturated rings. The van der Waals surface area contributed by atoms with E-state index >= 15 is 0 Å². The van der Waals surface area contributed by atoms with Crippen molar-refractivity contribution >= 4 is 5.78 Å². The van der Waals surface area contributed by atoms with Gasteiger partial charge in [0.2, 0.25) is 0 Å². The summed E-state index contributed by atoms with van der Waals surface area (Å²) in [5.74, 6) is 0.0953. The molecule has 1 heterocycles. The molecule has 0 saturated heterocycles. The molecule has 0 aliphatic carbocycles. The quantitative estimate of drug-likeness (QED) is 0.773. The first kappa shape index (κ1) is 13.8. The lowest BCUT2D eigenvalue weighted by Gasteiger charge is -2.01. The van der Waals surface area contributed by atoms with Gasteiger partial charge in [-0.2, -0.15) is 0 Å². The molecule has 0 atom stereocenters. The largest absolute Gasteiger partial charge is 0.314 e. The van der Waals surface area contributed by atoms with Gasteiger partial charge < -0.3 is 5.32 Å². The van der Waals surface area contributed by atoms with E-state index in [9.17, 15) is 4.79 Å². The molecule has 1 aromatic rings. The minimum absolute atomic E-state index is 0.0953. The van der Waals surface area contributed by atoms with Gasteiger partial charge in [0.15, 0.2) is 5.78 Å². The molecule has 1 N–H and O–H groups in total. The first-order valence-corrected chi connectivity index (χ1v) is 5.41. The zero-order chi connectivity index (χ0) is 11.7. The Morgan fingerprint density at radius 3 is 2.60 bits per heavy atom. The van der Waals surface area contributed by atoms with Crippen LogP contribution in [-0.2, 0) is 6.54 Å². The van der Waals surface area contributed by atoms with Gasteiger partial charge in [-0.1, -0.05) is 26.8 Å². The highest BCUT2D eigenvalue weighted by Crippen LogP contribution is 2.02. The molecular weight excluding hydrogens is 188 g/mol. The molecule has 0 aromatic carbocycles. The van der Waals surface area contributed by atoms with Crippen LogP contribution in [0.5, 0.6) is 0 Å². The number of pyridine rings is 1. The van der Waals surface area contributed by atoms with Crippen molar-refractivity contribution in [2.45, 2.75) is 33.7 Å². The van der Waals surface area contributed by atoms with Crippen molar-refractivity contribution in [3.63, 3.8) is 0 Å². The third kappa shape index (κ3) is 4.70. The Morgan fingerprint density at radius 2 is 2.07 bits per heavy atom. The maximum absolute atomic E-state index is 11.3. The SMILES string of the molecule is CC.CCC(=O)c1cccc(CNC)n1.